The van der Waals surface area contributed by atoms with Crippen LogP contribution in [0.2, 0.25) is 0 Å². The first kappa shape index (κ1) is 30.2. The molecule has 2 saturated carbocycles. The zero-order chi connectivity index (χ0) is 29.2. The van der Waals surface area contributed by atoms with E-state index in [1.165, 1.54) is 24.2 Å². The van der Waals surface area contributed by atoms with Gasteiger partial charge in [-0.2, -0.15) is 8.78 Å². The molecule has 2 aliphatic carbocycles. The number of ether oxygens (including phenoxy) is 1. The molecule has 0 bridgehead atoms. The summed E-state index contributed by atoms with van der Waals surface area (Å²) >= 11 is 0. The average Bonchev–Trinajstić information content (AvgIpc) is 3.71. The molecule has 1 aromatic carbocycles. The highest BCUT2D eigenvalue weighted by Gasteiger charge is 2.42. The van der Waals surface area contributed by atoms with Gasteiger partial charge in [-0.15, -0.1) is 0 Å². The van der Waals surface area contributed by atoms with Gasteiger partial charge in [0, 0.05) is 36.8 Å². The van der Waals surface area contributed by atoms with Crippen molar-refractivity contribution in [3.05, 3.63) is 23.3 Å². The van der Waals surface area contributed by atoms with E-state index < -0.39 is 17.9 Å². The third kappa shape index (κ3) is 6.93. The summed E-state index contributed by atoms with van der Waals surface area (Å²) in [5.74, 6) is -0.722. The number of amides is 3. The topological polar surface area (TPSA) is 91.0 Å². The summed E-state index contributed by atoms with van der Waals surface area (Å²) in [7, 11) is 0. The second-order valence-electron chi connectivity index (χ2n) is 12.3. The molecule has 1 aliphatic heterocycles. The molecule has 0 aromatic heterocycles. The number of carbonyl (C=O) groups is 3. The average molecular weight is 563 g/mol. The van der Waals surface area contributed by atoms with Gasteiger partial charge in [0.2, 0.25) is 0 Å². The van der Waals surface area contributed by atoms with E-state index in [0.29, 0.717) is 22.9 Å². The zero-order valence-corrected chi connectivity index (χ0v) is 24.4. The summed E-state index contributed by atoms with van der Waals surface area (Å²) in [6.45, 7) is 10.1. The van der Waals surface area contributed by atoms with Crippen molar-refractivity contribution in [2.24, 2.45) is 5.92 Å². The molecule has 8 nitrogen and oxygen atoms in total. The maximum atomic E-state index is 14.1. The predicted molar refractivity (Wildman–Crippen MR) is 150 cm³/mol. The highest BCUT2D eigenvalue weighted by Crippen LogP contribution is 2.40. The molecule has 4 rings (SSSR count). The summed E-state index contributed by atoms with van der Waals surface area (Å²) in [4.78, 5) is 42.1. The molecule has 1 aromatic rings. The number of aryl methyl sites for hydroxylation is 1. The van der Waals surface area contributed by atoms with E-state index in [1.54, 1.807) is 26.0 Å². The van der Waals surface area contributed by atoms with Gasteiger partial charge in [-0.1, -0.05) is 0 Å². The third-order valence-corrected chi connectivity index (χ3v) is 8.35. The molecule has 40 heavy (non-hydrogen) atoms. The molecule has 0 atom stereocenters. The number of hydrogen-bond donors (Lipinski definition) is 2. The van der Waals surface area contributed by atoms with Gasteiger partial charge in [0.15, 0.2) is 5.60 Å². The molecule has 222 valence electrons. The largest absolute Gasteiger partial charge is 0.476 e. The fourth-order valence-electron chi connectivity index (χ4n) is 5.99. The van der Waals surface area contributed by atoms with E-state index in [9.17, 15) is 23.2 Å². The summed E-state index contributed by atoms with van der Waals surface area (Å²) in [6.07, 6.45) is 4.78. The van der Waals surface area contributed by atoms with Crippen molar-refractivity contribution < 1.29 is 27.9 Å². The van der Waals surface area contributed by atoms with Crippen LogP contribution in [-0.4, -0.2) is 72.4 Å². The molecular weight excluding hydrogens is 518 g/mol. The van der Waals surface area contributed by atoms with E-state index in [1.807, 2.05) is 25.7 Å². The Kier molecular flexibility index (Phi) is 9.37. The van der Waals surface area contributed by atoms with Gasteiger partial charge in [-0.25, -0.2) is 0 Å². The Morgan fingerprint density at radius 2 is 1.77 bits per heavy atom. The molecule has 1 heterocycles. The van der Waals surface area contributed by atoms with Crippen molar-refractivity contribution in [2.45, 2.75) is 110 Å². The summed E-state index contributed by atoms with van der Waals surface area (Å²) < 4.78 is 31.3. The van der Waals surface area contributed by atoms with Crippen molar-refractivity contribution in [1.82, 2.24) is 15.5 Å². The number of hydrogen-bond acceptors (Lipinski definition) is 5. The van der Waals surface area contributed by atoms with Crippen LogP contribution < -0.4 is 20.3 Å². The Labute approximate surface area is 236 Å². The Balaban J connectivity index is 1.51. The van der Waals surface area contributed by atoms with Gasteiger partial charge < -0.3 is 25.2 Å². The van der Waals surface area contributed by atoms with E-state index in [2.05, 4.69) is 10.6 Å². The maximum Gasteiger partial charge on any atom is 0.315 e. The van der Waals surface area contributed by atoms with Crippen molar-refractivity contribution >= 4 is 23.4 Å². The van der Waals surface area contributed by atoms with Crippen LogP contribution in [0.1, 0.15) is 88.6 Å². The minimum atomic E-state index is -3.13. The fourth-order valence-corrected chi connectivity index (χ4v) is 5.99. The van der Waals surface area contributed by atoms with Crippen LogP contribution in [0.5, 0.6) is 5.75 Å². The fraction of sp³-hybridized carbons (Fsp3) is 0.700. The lowest BCUT2D eigenvalue weighted by Crippen LogP contribution is -2.54. The van der Waals surface area contributed by atoms with Gasteiger partial charge in [0.25, 0.3) is 17.7 Å². The van der Waals surface area contributed by atoms with Crippen molar-refractivity contribution in [2.75, 3.05) is 24.5 Å². The summed E-state index contributed by atoms with van der Waals surface area (Å²) in [5, 5.41) is 5.76. The molecule has 0 radical (unpaired) electrons. The Bertz CT molecular complexity index is 1100. The molecule has 0 saturated heterocycles. The van der Waals surface area contributed by atoms with Crippen molar-refractivity contribution in [1.29, 1.82) is 0 Å². The van der Waals surface area contributed by atoms with E-state index in [-0.39, 0.29) is 37.0 Å². The monoisotopic (exact) mass is 562 g/mol. The first-order chi connectivity index (χ1) is 18.9. The predicted octanol–water partition coefficient (Wildman–Crippen LogP) is 4.43. The van der Waals surface area contributed by atoms with E-state index >= 15 is 0 Å². The van der Waals surface area contributed by atoms with Gasteiger partial charge in [0.1, 0.15) is 5.75 Å². The second kappa shape index (κ2) is 12.4. The molecule has 3 amide bonds. The first-order valence-corrected chi connectivity index (χ1v) is 14.7. The molecule has 0 spiro atoms. The van der Waals surface area contributed by atoms with E-state index in [0.717, 1.165) is 43.8 Å². The number of halogens is 2. The minimum Gasteiger partial charge on any atom is -0.476 e. The van der Waals surface area contributed by atoms with Crippen molar-refractivity contribution in [3.63, 3.8) is 0 Å². The minimum absolute atomic E-state index is 0.00139. The third-order valence-electron chi connectivity index (χ3n) is 8.35. The lowest BCUT2D eigenvalue weighted by molar-refractivity contribution is -0.133. The van der Waals surface area contributed by atoms with Crippen LogP contribution in [0.25, 0.3) is 0 Å². The number of nitrogens with zero attached hydrogens (tertiary/aromatic N) is 2. The van der Waals surface area contributed by atoms with Crippen LogP contribution in [0.4, 0.5) is 14.5 Å². The van der Waals surface area contributed by atoms with Gasteiger partial charge >= 0.3 is 6.43 Å². The molecule has 2 N–H and O–H groups in total. The molecule has 0 unspecified atom stereocenters. The maximum absolute atomic E-state index is 14.1. The van der Waals surface area contributed by atoms with E-state index in [4.69, 9.17) is 4.74 Å². The number of carbonyl (C=O) groups excluding carboxylic acids is 3. The van der Waals surface area contributed by atoms with Crippen LogP contribution in [0.3, 0.4) is 0 Å². The number of fused-ring (bicyclic) bond motifs is 1. The normalized spacial score (nSPS) is 22.2. The number of benzene rings is 1. The second-order valence-corrected chi connectivity index (χ2v) is 12.3. The van der Waals surface area contributed by atoms with Crippen LogP contribution >= 0.6 is 0 Å². The standard InChI is InChI=1S/C30H44F2N4O4/c1-18(2)36(22-10-6-20(7-11-22)12-13-33-21-8-9-21)28(38)23-17-24-25(16-19(23)3)40-30(4,5)29(39)35(24)15-14-34-27(37)26(31)32/h16-18,20-22,26,33H,6-15H2,1-5H3,(H,34,37). The lowest BCUT2D eigenvalue weighted by Gasteiger charge is -2.41. The molecule has 10 heteroatoms. The summed E-state index contributed by atoms with van der Waals surface area (Å²) in [5.41, 5.74) is 0.445. The summed E-state index contributed by atoms with van der Waals surface area (Å²) in [6, 6.07) is 4.32. The number of rotatable bonds is 11. The number of nitrogens with one attached hydrogen (secondary N) is 2. The molecule has 3 aliphatic rings. The molecular formula is C30H44F2N4O4. The Morgan fingerprint density at radius 3 is 2.38 bits per heavy atom. The highest BCUT2D eigenvalue weighted by molar-refractivity contribution is 6.05. The van der Waals surface area contributed by atoms with Crippen LogP contribution in [-0.2, 0) is 9.59 Å². The Hall–Kier alpha value is -2.75. The number of alkyl halides is 2. The van der Waals surface area contributed by atoms with Crippen LogP contribution in [0.15, 0.2) is 12.1 Å². The van der Waals surface area contributed by atoms with Gasteiger partial charge in [0.05, 0.1) is 5.69 Å². The van der Waals surface area contributed by atoms with Crippen LogP contribution in [0, 0.1) is 12.8 Å². The highest BCUT2D eigenvalue weighted by atomic mass is 19.3. The first-order valence-electron chi connectivity index (χ1n) is 14.7. The van der Waals surface area contributed by atoms with Gasteiger partial charge in [-0.3, -0.25) is 14.4 Å². The smallest absolute Gasteiger partial charge is 0.315 e. The number of anilines is 1. The SMILES string of the molecule is Cc1cc2c(cc1C(=O)N(C(C)C)C1CCC(CCNC3CC3)CC1)N(CCNC(=O)C(F)F)C(=O)C(C)(C)O2. The van der Waals surface area contributed by atoms with Gasteiger partial charge in [-0.05, 0) is 110 Å². The molecule has 2 fully saturated rings. The quantitative estimate of drug-likeness (QED) is 0.417. The lowest BCUT2D eigenvalue weighted by atomic mass is 9.83. The Morgan fingerprint density at radius 1 is 1.10 bits per heavy atom. The van der Waals surface area contributed by atoms with Crippen molar-refractivity contribution in [3.8, 4) is 5.75 Å². The zero-order valence-electron chi connectivity index (χ0n) is 24.4.